The van der Waals surface area contributed by atoms with Crippen molar-refractivity contribution in [2.75, 3.05) is 5.32 Å². The highest BCUT2D eigenvalue weighted by Crippen LogP contribution is 2.23. The summed E-state index contributed by atoms with van der Waals surface area (Å²) in [5.74, 6) is 0.543. The second-order valence-electron chi connectivity index (χ2n) is 6.46. The Hall–Kier alpha value is -3.09. The summed E-state index contributed by atoms with van der Waals surface area (Å²) in [5, 5.41) is 12.2. The van der Waals surface area contributed by atoms with E-state index in [1.54, 1.807) is 28.9 Å². The smallest absolute Gasteiger partial charge is 0.279 e. The van der Waals surface area contributed by atoms with Crippen LogP contribution in [-0.4, -0.2) is 20.8 Å². The summed E-state index contributed by atoms with van der Waals surface area (Å²) in [4.78, 5) is 12.5. The van der Waals surface area contributed by atoms with Crippen LogP contribution in [0.3, 0.4) is 0 Å². The zero-order chi connectivity index (χ0) is 20.4. The van der Waals surface area contributed by atoms with Crippen LogP contribution >= 0.6 is 23.2 Å². The van der Waals surface area contributed by atoms with Gasteiger partial charge in [-0.15, -0.1) is 0 Å². The zero-order valence-electron chi connectivity index (χ0n) is 15.4. The maximum absolute atomic E-state index is 12.5. The van der Waals surface area contributed by atoms with Crippen LogP contribution in [-0.2, 0) is 6.54 Å². The van der Waals surface area contributed by atoms with Gasteiger partial charge in [-0.3, -0.25) is 9.48 Å². The number of rotatable bonds is 5. The summed E-state index contributed by atoms with van der Waals surface area (Å²) < 4.78 is 7.03. The van der Waals surface area contributed by atoms with E-state index in [9.17, 15) is 4.79 Å². The van der Waals surface area contributed by atoms with Gasteiger partial charge in [-0.05, 0) is 24.6 Å². The van der Waals surface area contributed by atoms with Gasteiger partial charge in [0, 0.05) is 33.4 Å². The highest BCUT2D eigenvalue weighted by atomic mass is 35.5. The second kappa shape index (κ2) is 8.11. The van der Waals surface area contributed by atoms with Gasteiger partial charge in [0.2, 0.25) is 0 Å². The first kappa shape index (κ1) is 19.2. The summed E-state index contributed by atoms with van der Waals surface area (Å²) in [6.45, 7) is 2.36. The van der Waals surface area contributed by atoms with Gasteiger partial charge in [0.25, 0.3) is 5.91 Å². The van der Waals surface area contributed by atoms with E-state index in [2.05, 4.69) is 15.6 Å². The van der Waals surface area contributed by atoms with Crippen LogP contribution in [0.25, 0.3) is 11.3 Å². The lowest BCUT2D eigenvalue weighted by Crippen LogP contribution is -2.13. The maximum Gasteiger partial charge on any atom is 0.279 e. The van der Waals surface area contributed by atoms with Gasteiger partial charge >= 0.3 is 0 Å². The molecular formula is C21H16Cl2N4O2. The number of hydrogen-bond acceptors (Lipinski definition) is 4. The lowest BCUT2D eigenvalue weighted by molar-refractivity contribution is 0.101. The largest absolute Gasteiger partial charge is 0.355 e. The average molecular weight is 427 g/mol. The molecule has 146 valence electrons. The van der Waals surface area contributed by atoms with Crippen molar-refractivity contribution in [3.05, 3.63) is 87.7 Å². The summed E-state index contributed by atoms with van der Waals surface area (Å²) in [7, 11) is 0. The Morgan fingerprint density at radius 2 is 1.90 bits per heavy atom. The van der Waals surface area contributed by atoms with Gasteiger partial charge in [-0.1, -0.05) is 64.8 Å². The summed E-state index contributed by atoms with van der Waals surface area (Å²) in [6, 6.07) is 18.1. The van der Waals surface area contributed by atoms with E-state index in [-0.39, 0.29) is 5.69 Å². The third-order valence-electron chi connectivity index (χ3n) is 4.36. The molecule has 0 saturated heterocycles. The Bertz CT molecular complexity index is 1170. The number of halogens is 2. The molecule has 0 aliphatic heterocycles. The molecular weight excluding hydrogens is 411 g/mol. The molecule has 0 radical (unpaired) electrons. The Kier molecular flexibility index (Phi) is 5.38. The molecule has 2 aromatic heterocycles. The second-order valence-corrected chi connectivity index (χ2v) is 7.30. The van der Waals surface area contributed by atoms with Gasteiger partial charge in [-0.2, -0.15) is 5.10 Å². The van der Waals surface area contributed by atoms with Crippen LogP contribution in [0, 0.1) is 6.92 Å². The molecule has 8 heteroatoms. The highest BCUT2D eigenvalue weighted by Gasteiger charge is 2.16. The van der Waals surface area contributed by atoms with Crippen molar-refractivity contribution in [3.8, 4) is 11.3 Å². The van der Waals surface area contributed by atoms with E-state index in [0.29, 0.717) is 28.2 Å². The number of aromatic nitrogens is 3. The molecule has 0 unspecified atom stereocenters. The molecule has 0 bridgehead atoms. The summed E-state index contributed by atoms with van der Waals surface area (Å²) in [6.07, 6.45) is 0. The summed E-state index contributed by atoms with van der Waals surface area (Å²) >= 11 is 12.2. The van der Waals surface area contributed by atoms with E-state index in [4.69, 9.17) is 27.7 Å². The van der Waals surface area contributed by atoms with Crippen molar-refractivity contribution in [1.29, 1.82) is 0 Å². The molecule has 2 aromatic carbocycles. The van der Waals surface area contributed by atoms with Crippen LogP contribution in [0.5, 0.6) is 0 Å². The lowest BCUT2D eigenvalue weighted by atomic mass is 10.1. The molecule has 0 spiro atoms. The normalized spacial score (nSPS) is 10.9. The molecule has 1 amide bonds. The van der Waals surface area contributed by atoms with E-state index in [1.165, 1.54) is 0 Å². The number of carbonyl (C=O) groups is 1. The first-order chi connectivity index (χ1) is 14.0. The van der Waals surface area contributed by atoms with Gasteiger partial charge in [0.1, 0.15) is 0 Å². The first-order valence-electron chi connectivity index (χ1n) is 8.81. The fourth-order valence-electron chi connectivity index (χ4n) is 2.84. The molecule has 29 heavy (non-hydrogen) atoms. The van der Waals surface area contributed by atoms with Gasteiger partial charge in [0.05, 0.1) is 6.54 Å². The quantitative estimate of drug-likeness (QED) is 0.460. The van der Waals surface area contributed by atoms with E-state index in [0.717, 1.165) is 16.8 Å². The Morgan fingerprint density at radius 3 is 2.66 bits per heavy atom. The molecule has 1 N–H and O–H groups in total. The van der Waals surface area contributed by atoms with Crippen LogP contribution in [0.15, 0.2) is 65.2 Å². The van der Waals surface area contributed by atoms with Crippen LogP contribution < -0.4 is 5.32 Å². The van der Waals surface area contributed by atoms with Crippen LogP contribution in [0.4, 0.5) is 5.82 Å². The molecule has 4 rings (SSSR count). The van der Waals surface area contributed by atoms with E-state index >= 15 is 0 Å². The number of aryl methyl sites for hydroxylation is 1. The molecule has 0 atom stereocenters. The van der Waals surface area contributed by atoms with Gasteiger partial charge in [0.15, 0.2) is 17.3 Å². The van der Waals surface area contributed by atoms with Crippen molar-refractivity contribution < 1.29 is 9.32 Å². The van der Waals surface area contributed by atoms with Crippen molar-refractivity contribution in [1.82, 2.24) is 14.9 Å². The average Bonchev–Trinajstić information content (AvgIpc) is 3.32. The predicted octanol–water partition coefficient (Wildman–Crippen LogP) is 5.45. The fourth-order valence-corrected chi connectivity index (χ4v) is 3.31. The van der Waals surface area contributed by atoms with Crippen LogP contribution in [0.2, 0.25) is 10.0 Å². The Balaban J connectivity index is 1.48. The monoisotopic (exact) mass is 426 g/mol. The molecule has 0 saturated carbocycles. The molecule has 0 aliphatic carbocycles. The van der Waals surface area contributed by atoms with Crippen LogP contribution in [0.1, 0.15) is 21.7 Å². The topological polar surface area (TPSA) is 73.0 Å². The number of amides is 1. The predicted molar refractivity (Wildman–Crippen MR) is 112 cm³/mol. The Morgan fingerprint density at radius 1 is 1.10 bits per heavy atom. The zero-order valence-corrected chi connectivity index (χ0v) is 16.9. The van der Waals surface area contributed by atoms with E-state index in [1.807, 2.05) is 43.3 Å². The molecule has 0 fully saturated rings. The number of anilines is 1. The SMILES string of the molecule is Cc1cc(NC(=O)c2cc(-c3ccccc3)on2)nn1Cc1ccc(Cl)cc1Cl. The third-order valence-corrected chi connectivity index (χ3v) is 4.95. The minimum atomic E-state index is -0.398. The fraction of sp³-hybridized carbons (Fsp3) is 0.0952. The minimum absolute atomic E-state index is 0.178. The van der Waals surface area contributed by atoms with Crippen molar-refractivity contribution >= 4 is 34.9 Å². The molecule has 4 aromatic rings. The van der Waals surface area contributed by atoms with Gasteiger partial charge < -0.3 is 9.84 Å². The number of hydrogen-bond donors (Lipinski definition) is 1. The third kappa shape index (κ3) is 4.34. The minimum Gasteiger partial charge on any atom is -0.355 e. The standard InChI is InChI=1S/C21H16Cl2N4O2/c1-13-9-20(25-27(13)12-15-7-8-16(22)10-17(15)23)24-21(28)18-11-19(29-26-18)14-5-3-2-4-6-14/h2-11H,12H2,1H3,(H,24,25,28). The summed E-state index contributed by atoms with van der Waals surface area (Å²) in [5.41, 5.74) is 2.77. The number of benzene rings is 2. The molecule has 2 heterocycles. The first-order valence-corrected chi connectivity index (χ1v) is 9.57. The van der Waals surface area contributed by atoms with Crippen molar-refractivity contribution in [3.63, 3.8) is 0 Å². The van der Waals surface area contributed by atoms with Gasteiger partial charge in [-0.25, -0.2) is 0 Å². The van der Waals surface area contributed by atoms with Crippen molar-refractivity contribution in [2.45, 2.75) is 13.5 Å². The van der Waals surface area contributed by atoms with Crippen molar-refractivity contribution in [2.24, 2.45) is 0 Å². The number of carbonyl (C=O) groups excluding carboxylic acids is 1. The lowest BCUT2D eigenvalue weighted by Gasteiger charge is -2.07. The number of nitrogens with one attached hydrogen (secondary N) is 1. The number of nitrogens with zero attached hydrogens (tertiary/aromatic N) is 3. The maximum atomic E-state index is 12.5. The molecule has 0 aliphatic rings. The molecule has 6 nitrogen and oxygen atoms in total. The van der Waals surface area contributed by atoms with E-state index < -0.39 is 5.91 Å². The Labute approximate surface area is 177 Å². The highest BCUT2D eigenvalue weighted by molar-refractivity contribution is 6.35.